The van der Waals surface area contributed by atoms with Crippen LogP contribution >= 0.6 is 34.8 Å². The molecule has 8 nitrogen and oxygen atoms in total. The molecule has 0 unspecified atom stereocenters. The Balaban J connectivity index is 1.39. The van der Waals surface area contributed by atoms with E-state index in [4.69, 9.17) is 34.8 Å². The smallest absolute Gasteiger partial charge is 0.141 e. The number of pyridine rings is 1. The minimum absolute atomic E-state index is 0.0347. The summed E-state index contributed by atoms with van der Waals surface area (Å²) < 4.78 is 13.8. The van der Waals surface area contributed by atoms with Crippen LogP contribution in [0.25, 0.3) is 10.9 Å². The number of halogens is 4. The summed E-state index contributed by atoms with van der Waals surface area (Å²) in [4.78, 5) is 4.44. The second-order valence-electron chi connectivity index (χ2n) is 10.1. The molecule has 2 aliphatic rings. The molecule has 0 saturated carbocycles. The Hall–Kier alpha value is -3.78. The van der Waals surface area contributed by atoms with E-state index in [1.54, 1.807) is 12.1 Å². The summed E-state index contributed by atoms with van der Waals surface area (Å²) >= 11 is 19.0. The average Bonchev–Trinajstić information content (AvgIpc) is 3.49. The van der Waals surface area contributed by atoms with E-state index in [1.165, 1.54) is 18.3 Å². The van der Waals surface area contributed by atoms with Gasteiger partial charge in [0.2, 0.25) is 0 Å². The Bertz CT molecular complexity index is 1700. The Labute approximate surface area is 257 Å². The lowest BCUT2D eigenvalue weighted by molar-refractivity contribution is 0.162. The largest absolute Gasteiger partial charge is 0.373 e. The van der Waals surface area contributed by atoms with Gasteiger partial charge in [-0.15, -0.1) is 5.53 Å². The highest BCUT2D eigenvalue weighted by molar-refractivity contribution is 6.36. The third-order valence-electron chi connectivity index (χ3n) is 7.37. The summed E-state index contributed by atoms with van der Waals surface area (Å²) in [6.07, 6.45) is 5.60. The molecule has 3 heterocycles. The second-order valence-corrected chi connectivity index (χ2v) is 11.4. The number of anilines is 3. The van der Waals surface area contributed by atoms with Crippen molar-refractivity contribution < 1.29 is 4.39 Å². The number of hydrazine groups is 2. The Kier molecular flexibility index (Phi) is 8.24. The first-order valence-corrected chi connectivity index (χ1v) is 14.5. The second kappa shape index (κ2) is 12.2. The van der Waals surface area contributed by atoms with Crippen LogP contribution in [0.1, 0.15) is 30.0 Å². The van der Waals surface area contributed by atoms with Gasteiger partial charge in [-0.1, -0.05) is 46.9 Å². The summed E-state index contributed by atoms with van der Waals surface area (Å²) in [5, 5.41) is 23.8. The number of rotatable bonds is 7. The molecule has 42 heavy (non-hydrogen) atoms. The van der Waals surface area contributed by atoms with Gasteiger partial charge < -0.3 is 21.4 Å². The summed E-state index contributed by atoms with van der Waals surface area (Å²) in [6, 6.07) is 17.9. The van der Waals surface area contributed by atoms with Crippen LogP contribution in [0.5, 0.6) is 0 Å². The normalized spacial score (nSPS) is 16.1. The van der Waals surface area contributed by atoms with Gasteiger partial charge in [-0.05, 0) is 74.0 Å². The molecule has 1 fully saturated rings. The SMILES string of the molecule is N#Cc1cnc2c(Cl)cc(N[C@H](C3=CN(C4CCNCC4)NN3)c3ccc(Cl)cc3)cc2c1Nc1ccc(F)c(Cl)c1. The van der Waals surface area contributed by atoms with Gasteiger partial charge >= 0.3 is 0 Å². The van der Waals surface area contributed by atoms with Crippen molar-refractivity contribution in [2.75, 3.05) is 23.7 Å². The molecule has 0 amide bonds. The van der Waals surface area contributed by atoms with Crippen molar-refractivity contribution in [2.24, 2.45) is 0 Å². The number of hydrogen-bond acceptors (Lipinski definition) is 8. The lowest BCUT2D eigenvalue weighted by atomic mass is 10.0. The van der Waals surface area contributed by atoms with Gasteiger partial charge in [0.15, 0.2) is 0 Å². The number of fused-ring (bicyclic) bond motifs is 1. The van der Waals surface area contributed by atoms with Gasteiger partial charge in [0.05, 0.1) is 38.6 Å². The van der Waals surface area contributed by atoms with Gasteiger partial charge in [0, 0.05) is 40.2 Å². The highest BCUT2D eigenvalue weighted by Gasteiger charge is 2.27. The zero-order valence-electron chi connectivity index (χ0n) is 22.2. The van der Waals surface area contributed by atoms with Crippen LogP contribution in [-0.2, 0) is 0 Å². The van der Waals surface area contributed by atoms with E-state index in [0.29, 0.717) is 49.6 Å². The van der Waals surface area contributed by atoms with Crippen molar-refractivity contribution in [2.45, 2.75) is 24.9 Å². The Morgan fingerprint density at radius 3 is 2.50 bits per heavy atom. The van der Waals surface area contributed by atoms with Gasteiger partial charge in [-0.25, -0.2) is 4.39 Å². The van der Waals surface area contributed by atoms with E-state index >= 15 is 0 Å². The monoisotopic (exact) mass is 622 g/mol. The summed E-state index contributed by atoms with van der Waals surface area (Å²) in [7, 11) is 0. The predicted molar refractivity (Wildman–Crippen MR) is 166 cm³/mol. The van der Waals surface area contributed by atoms with E-state index in [9.17, 15) is 9.65 Å². The van der Waals surface area contributed by atoms with Crippen LogP contribution in [0, 0.1) is 17.1 Å². The molecule has 1 aromatic heterocycles. The molecule has 0 bridgehead atoms. The Morgan fingerprint density at radius 1 is 1.00 bits per heavy atom. The van der Waals surface area contributed by atoms with E-state index in [-0.39, 0.29) is 11.1 Å². The predicted octanol–water partition coefficient (Wildman–Crippen LogP) is 7.02. The van der Waals surface area contributed by atoms with Crippen LogP contribution in [0.3, 0.4) is 0 Å². The van der Waals surface area contributed by atoms with Crippen molar-refractivity contribution in [3.05, 3.63) is 105 Å². The van der Waals surface area contributed by atoms with Crippen molar-refractivity contribution in [3.63, 3.8) is 0 Å². The third-order valence-corrected chi connectivity index (χ3v) is 8.20. The number of aromatic nitrogens is 1. The van der Waals surface area contributed by atoms with E-state index in [1.807, 2.05) is 30.3 Å². The van der Waals surface area contributed by atoms with Crippen LogP contribution in [0.2, 0.25) is 15.1 Å². The minimum atomic E-state index is -0.534. The third kappa shape index (κ3) is 5.91. The zero-order chi connectivity index (χ0) is 29.2. The Morgan fingerprint density at radius 2 is 1.76 bits per heavy atom. The summed E-state index contributed by atoms with van der Waals surface area (Å²) in [6.45, 7) is 1.94. The van der Waals surface area contributed by atoms with Crippen LogP contribution in [-0.4, -0.2) is 29.1 Å². The topological polar surface area (TPSA) is 100 Å². The fourth-order valence-electron chi connectivity index (χ4n) is 5.21. The molecule has 0 radical (unpaired) electrons. The maximum absolute atomic E-state index is 13.8. The first kappa shape index (κ1) is 28.3. The standard InChI is InChI=1S/C30H26Cl3FN8/c31-19-3-1-17(2-4-19)29(27-16-42(41-40-27)22-7-9-36-10-8-22)39-21-11-23-28(38-20-5-6-26(34)24(32)12-20)18(14-35)15-37-30(23)25(33)13-21/h1-6,11-13,15-16,22,29,36,39-41H,7-10H2,(H,37,38)/t29-/m0/s1. The fourth-order valence-corrected chi connectivity index (χ4v) is 5.79. The van der Waals surface area contributed by atoms with Crippen LogP contribution in [0.15, 0.2) is 72.7 Å². The molecule has 5 N–H and O–H groups in total. The molecule has 0 spiro atoms. The summed E-state index contributed by atoms with van der Waals surface area (Å²) in [5.41, 5.74) is 11.0. The fraction of sp³-hybridized carbons (Fsp3) is 0.200. The van der Waals surface area contributed by atoms with Crippen LogP contribution < -0.4 is 26.9 Å². The highest BCUT2D eigenvalue weighted by atomic mass is 35.5. The molecule has 214 valence electrons. The molecule has 1 atom stereocenters. The zero-order valence-corrected chi connectivity index (χ0v) is 24.5. The molecule has 1 saturated heterocycles. The van der Waals surface area contributed by atoms with Crippen molar-refractivity contribution in [3.8, 4) is 6.07 Å². The summed E-state index contributed by atoms with van der Waals surface area (Å²) in [5.74, 6) is -0.534. The van der Waals surface area contributed by atoms with Gasteiger partial charge in [-0.2, -0.15) is 5.26 Å². The van der Waals surface area contributed by atoms with Gasteiger partial charge in [0.1, 0.15) is 11.9 Å². The average molecular weight is 624 g/mol. The maximum Gasteiger partial charge on any atom is 0.141 e. The molecular weight excluding hydrogens is 598 g/mol. The van der Waals surface area contributed by atoms with Crippen molar-refractivity contribution in [1.82, 2.24) is 26.3 Å². The first-order chi connectivity index (χ1) is 20.4. The molecule has 6 rings (SSSR count). The maximum atomic E-state index is 13.8. The molecule has 3 aromatic carbocycles. The van der Waals surface area contributed by atoms with E-state index < -0.39 is 5.82 Å². The quantitative estimate of drug-likeness (QED) is 0.150. The van der Waals surface area contributed by atoms with Gasteiger partial charge in [0.25, 0.3) is 0 Å². The lowest BCUT2D eigenvalue weighted by Crippen LogP contribution is -2.47. The van der Waals surface area contributed by atoms with E-state index in [0.717, 1.165) is 37.2 Å². The lowest BCUT2D eigenvalue weighted by Gasteiger charge is -2.30. The van der Waals surface area contributed by atoms with Crippen molar-refractivity contribution in [1.29, 1.82) is 5.26 Å². The molecule has 4 aromatic rings. The number of nitrogens with zero attached hydrogens (tertiary/aromatic N) is 3. The van der Waals surface area contributed by atoms with Crippen molar-refractivity contribution >= 4 is 62.8 Å². The number of nitriles is 1. The highest BCUT2D eigenvalue weighted by Crippen LogP contribution is 2.37. The first-order valence-electron chi connectivity index (χ1n) is 13.4. The molecule has 0 aliphatic carbocycles. The van der Waals surface area contributed by atoms with Gasteiger partial charge in [-0.3, -0.25) is 9.99 Å². The number of hydrogen-bond donors (Lipinski definition) is 5. The number of piperidine rings is 1. The molecule has 2 aliphatic heterocycles. The van der Waals surface area contributed by atoms with Crippen LogP contribution in [0.4, 0.5) is 21.5 Å². The number of benzene rings is 3. The molecule has 12 heteroatoms. The minimum Gasteiger partial charge on any atom is -0.373 e. The number of nitrogens with one attached hydrogen (secondary N) is 5. The molecular formula is C30H26Cl3FN8. The van der Waals surface area contributed by atoms with E-state index in [2.05, 4.69) is 49.2 Å².